The summed E-state index contributed by atoms with van der Waals surface area (Å²) in [5.41, 5.74) is 0.370. The number of aliphatic hydroxyl groups is 1. The van der Waals surface area contributed by atoms with E-state index in [2.05, 4.69) is 10.2 Å². The van der Waals surface area contributed by atoms with Gasteiger partial charge in [-0.3, -0.25) is 9.69 Å². The molecule has 1 fully saturated rings. The molecular formula is C19H30N2O3. The number of aliphatic hydroxyl groups excluding tert-OH is 1. The first-order valence-corrected chi connectivity index (χ1v) is 8.79. The van der Waals surface area contributed by atoms with Gasteiger partial charge in [-0.25, -0.2) is 0 Å². The van der Waals surface area contributed by atoms with Crippen LogP contribution in [0.15, 0.2) is 24.3 Å². The van der Waals surface area contributed by atoms with E-state index in [4.69, 9.17) is 9.84 Å². The third-order valence-corrected chi connectivity index (χ3v) is 5.07. The summed E-state index contributed by atoms with van der Waals surface area (Å²) in [4.78, 5) is 14.9. The molecule has 5 nitrogen and oxygen atoms in total. The minimum atomic E-state index is -0.546. The van der Waals surface area contributed by atoms with Crippen molar-refractivity contribution >= 4 is 5.91 Å². The molecule has 0 unspecified atom stereocenters. The van der Waals surface area contributed by atoms with Crippen LogP contribution in [-0.4, -0.2) is 47.8 Å². The number of carbonyl (C=O) groups is 1. The first-order chi connectivity index (χ1) is 11.5. The van der Waals surface area contributed by atoms with E-state index >= 15 is 0 Å². The minimum Gasteiger partial charge on any atom is -0.491 e. The highest BCUT2D eigenvalue weighted by Crippen LogP contribution is 2.28. The number of hydrogen-bond donors (Lipinski definition) is 2. The fourth-order valence-corrected chi connectivity index (χ4v) is 3.25. The number of nitrogens with zero attached hydrogens (tertiary/aromatic N) is 1. The van der Waals surface area contributed by atoms with Crippen molar-refractivity contribution in [2.45, 2.75) is 57.7 Å². The SMILES string of the molecule is CN(C1CCCC1)C(C)(C)C(=O)NCc1ccccc1OCCO. The highest BCUT2D eigenvalue weighted by molar-refractivity contribution is 5.85. The van der Waals surface area contributed by atoms with Crippen LogP contribution < -0.4 is 10.1 Å². The maximum Gasteiger partial charge on any atom is 0.240 e. The minimum absolute atomic E-state index is 0.0221. The lowest BCUT2D eigenvalue weighted by molar-refractivity contribution is -0.132. The molecule has 134 valence electrons. The molecule has 24 heavy (non-hydrogen) atoms. The number of hydrogen-bond acceptors (Lipinski definition) is 4. The Labute approximate surface area is 145 Å². The van der Waals surface area contributed by atoms with Crippen LogP contribution in [-0.2, 0) is 11.3 Å². The van der Waals surface area contributed by atoms with Gasteiger partial charge in [-0.2, -0.15) is 0 Å². The Bertz CT molecular complexity index is 539. The van der Waals surface area contributed by atoms with Crippen molar-refractivity contribution in [2.24, 2.45) is 0 Å². The van der Waals surface area contributed by atoms with Crippen LogP contribution in [0.2, 0.25) is 0 Å². The van der Waals surface area contributed by atoms with E-state index in [-0.39, 0.29) is 19.1 Å². The molecular weight excluding hydrogens is 304 g/mol. The zero-order chi connectivity index (χ0) is 17.6. The van der Waals surface area contributed by atoms with Crippen molar-refractivity contribution < 1.29 is 14.6 Å². The van der Waals surface area contributed by atoms with Gasteiger partial charge in [-0.15, -0.1) is 0 Å². The fourth-order valence-electron chi connectivity index (χ4n) is 3.25. The summed E-state index contributed by atoms with van der Waals surface area (Å²) in [7, 11) is 2.05. The van der Waals surface area contributed by atoms with Gasteiger partial charge in [0.25, 0.3) is 0 Å². The summed E-state index contributed by atoms with van der Waals surface area (Å²) >= 11 is 0. The fraction of sp³-hybridized carbons (Fsp3) is 0.632. The molecule has 1 saturated carbocycles. The molecule has 0 spiro atoms. The molecule has 5 heteroatoms. The molecule has 2 rings (SSSR count). The number of carbonyl (C=O) groups excluding carboxylic acids is 1. The summed E-state index contributed by atoms with van der Waals surface area (Å²) in [5, 5.41) is 11.9. The molecule has 0 atom stereocenters. The van der Waals surface area contributed by atoms with Crippen LogP contribution in [0, 0.1) is 0 Å². The van der Waals surface area contributed by atoms with Crippen molar-refractivity contribution in [3.05, 3.63) is 29.8 Å². The number of ether oxygens (including phenoxy) is 1. The molecule has 0 bridgehead atoms. The topological polar surface area (TPSA) is 61.8 Å². The molecule has 0 aliphatic heterocycles. The Kier molecular flexibility index (Phi) is 6.63. The number of nitrogens with one attached hydrogen (secondary N) is 1. The molecule has 2 N–H and O–H groups in total. The van der Waals surface area contributed by atoms with Gasteiger partial charge in [0.1, 0.15) is 12.4 Å². The maximum atomic E-state index is 12.7. The van der Waals surface area contributed by atoms with Gasteiger partial charge in [-0.1, -0.05) is 31.0 Å². The highest BCUT2D eigenvalue weighted by Gasteiger charge is 2.36. The van der Waals surface area contributed by atoms with Crippen LogP contribution in [0.4, 0.5) is 0 Å². The first-order valence-electron chi connectivity index (χ1n) is 8.79. The van der Waals surface area contributed by atoms with Gasteiger partial charge in [0.2, 0.25) is 5.91 Å². The third kappa shape index (κ3) is 4.48. The smallest absolute Gasteiger partial charge is 0.240 e. The lowest BCUT2D eigenvalue weighted by Crippen LogP contribution is -2.56. The largest absolute Gasteiger partial charge is 0.491 e. The molecule has 0 aromatic heterocycles. The van der Waals surface area contributed by atoms with E-state index in [0.717, 1.165) is 5.56 Å². The van der Waals surface area contributed by atoms with E-state index < -0.39 is 5.54 Å². The lowest BCUT2D eigenvalue weighted by atomic mass is 9.99. The van der Waals surface area contributed by atoms with Crippen molar-refractivity contribution in [3.8, 4) is 5.75 Å². The van der Waals surface area contributed by atoms with Crippen LogP contribution in [0.1, 0.15) is 45.1 Å². The van der Waals surface area contributed by atoms with Crippen molar-refractivity contribution in [2.75, 3.05) is 20.3 Å². The van der Waals surface area contributed by atoms with Gasteiger partial charge < -0.3 is 15.2 Å². The van der Waals surface area contributed by atoms with Crippen LogP contribution in [0.5, 0.6) is 5.75 Å². The summed E-state index contributed by atoms with van der Waals surface area (Å²) in [6.07, 6.45) is 4.85. The average Bonchev–Trinajstić information content (AvgIpc) is 3.12. The van der Waals surface area contributed by atoms with E-state index in [1.54, 1.807) is 0 Å². The van der Waals surface area contributed by atoms with Crippen molar-refractivity contribution in [1.29, 1.82) is 0 Å². The third-order valence-electron chi connectivity index (χ3n) is 5.07. The Balaban J connectivity index is 1.96. The zero-order valence-electron chi connectivity index (χ0n) is 15.0. The quantitative estimate of drug-likeness (QED) is 0.766. The molecule has 1 aliphatic rings. The van der Waals surface area contributed by atoms with Crippen LogP contribution in [0.3, 0.4) is 0 Å². The van der Waals surface area contributed by atoms with Gasteiger partial charge in [0, 0.05) is 18.2 Å². The second-order valence-corrected chi connectivity index (χ2v) is 6.97. The van der Waals surface area contributed by atoms with Crippen molar-refractivity contribution in [3.63, 3.8) is 0 Å². The van der Waals surface area contributed by atoms with Gasteiger partial charge in [0.05, 0.1) is 12.1 Å². The molecule has 0 heterocycles. The van der Waals surface area contributed by atoms with Gasteiger partial charge in [-0.05, 0) is 39.8 Å². The van der Waals surface area contributed by atoms with E-state index in [9.17, 15) is 4.79 Å². The summed E-state index contributed by atoms with van der Waals surface area (Å²) in [6, 6.07) is 8.08. The molecule has 1 aliphatic carbocycles. The Morgan fingerprint density at radius 2 is 2.00 bits per heavy atom. The summed E-state index contributed by atoms with van der Waals surface area (Å²) in [5.74, 6) is 0.725. The molecule has 0 radical (unpaired) electrons. The monoisotopic (exact) mass is 334 g/mol. The van der Waals surface area contributed by atoms with Gasteiger partial charge >= 0.3 is 0 Å². The second-order valence-electron chi connectivity index (χ2n) is 6.97. The van der Waals surface area contributed by atoms with Gasteiger partial charge in [0.15, 0.2) is 0 Å². The van der Waals surface area contributed by atoms with Crippen molar-refractivity contribution in [1.82, 2.24) is 10.2 Å². The Morgan fingerprint density at radius 3 is 2.67 bits per heavy atom. The predicted molar refractivity (Wildman–Crippen MR) is 95.0 cm³/mol. The van der Waals surface area contributed by atoms with Crippen LogP contribution >= 0.6 is 0 Å². The first kappa shape index (κ1) is 18.7. The van der Waals surface area contributed by atoms with Crippen LogP contribution in [0.25, 0.3) is 0 Å². The zero-order valence-corrected chi connectivity index (χ0v) is 15.0. The number of benzene rings is 1. The van der Waals surface area contributed by atoms with E-state index in [1.165, 1.54) is 25.7 Å². The van der Waals surface area contributed by atoms with E-state index in [0.29, 0.717) is 18.3 Å². The molecule has 1 amide bonds. The Hall–Kier alpha value is -1.59. The average molecular weight is 334 g/mol. The summed E-state index contributed by atoms with van der Waals surface area (Å²) in [6.45, 7) is 4.60. The van der Waals surface area contributed by atoms with E-state index in [1.807, 2.05) is 45.2 Å². The normalized spacial score (nSPS) is 15.7. The Morgan fingerprint density at radius 1 is 1.33 bits per heavy atom. The molecule has 1 aromatic rings. The molecule has 0 saturated heterocycles. The molecule has 1 aromatic carbocycles. The number of para-hydroxylation sites is 1. The predicted octanol–water partition coefficient (Wildman–Crippen LogP) is 2.33. The lowest BCUT2D eigenvalue weighted by Gasteiger charge is -2.38. The number of likely N-dealkylation sites (N-methyl/N-ethyl adjacent to an activating group) is 1. The standard InChI is InChI=1S/C19H30N2O3/c1-19(2,21(3)16-9-5-6-10-16)18(23)20-14-15-8-4-7-11-17(15)24-13-12-22/h4,7-8,11,16,22H,5-6,9-10,12-14H2,1-3H3,(H,20,23). The second kappa shape index (κ2) is 8.49. The maximum absolute atomic E-state index is 12.7. The number of amides is 1. The summed E-state index contributed by atoms with van der Waals surface area (Å²) < 4.78 is 5.52. The highest BCUT2D eigenvalue weighted by atomic mass is 16.5. The number of rotatable bonds is 8.